The first-order chi connectivity index (χ1) is 5.11. The number of amides is 1. The number of rotatable bonds is 2. The van der Waals surface area contributed by atoms with Crippen molar-refractivity contribution in [3.63, 3.8) is 0 Å². The lowest BCUT2D eigenvalue weighted by molar-refractivity contribution is 0.100. The highest BCUT2D eigenvalue weighted by Gasteiger charge is 2.05. The minimum Gasteiger partial charge on any atom is -0.389 e. The largest absolute Gasteiger partial charge is 0.389 e. The molecule has 0 atom stereocenters. The molecule has 58 valence electrons. The van der Waals surface area contributed by atoms with Crippen LogP contribution in [0.4, 0.5) is 0 Å². The molecule has 1 amide bonds. The van der Waals surface area contributed by atoms with Gasteiger partial charge in [-0.05, 0) is 12.1 Å². The van der Waals surface area contributed by atoms with E-state index < -0.39 is 5.91 Å². The standard InChI is InChI=1S/C6H6N2OS2/c7-5(9)3-1-2-4(11-3)6(8)10/h1-2H,(H2,7,9)(H2,8,10). The van der Waals surface area contributed by atoms with E-state index in [1.54, 1.807) is 12.1 Å². The quantitative estimate of drug-likeness (QED) is 0.660. The molecule has 3 nitrogen and oxygen atoms in total. The second-order valence-corrected chi connectivity index (χ2v) is 3.42. The van der Waals surface area contributed by atoms with E-state index >= 15 is 0 Å². The van der Waals surface area contributed by atoms with Crippen LogP contribution in [0.25, 0.3) is 0 Å². The molecule has 0 radical (unpaired) electrons. The monoisotopic (exact) mass is 186 g/mol. The van der Waals surface area contributed by atoms with Crippen molar-refractivity contribution in [1.29, 1.82) is 0 Å². The highest BCUT2D eigenvalue weighted by molar-refractivity contribution is 7.81. The van der Waals surface area contributed by atoms with Crippen LogP contribution in [0.15, 0.2) is 12.1 Å². The first kappa shape index (κ1) is 8.16. The minimum absolute atomic E-state index is 0.294. The lowest BCUT2D eigenvalue weighted by Crippen LogP contribution is -2.09. The molecular weight excluding hydrogens is 180 g/mol. The second-order valence-electron chi connectivity index (χ2n) is 1.89. The maximum atomic E-state index is 10.6. The third-order valence-corrected chi connectivity index (χ3v) is 2.57. The van der Waals surface area contributed by atoms with Crippen LogP contribution in [0.1, 0.15) is 14.5 Å². The molecule has 0 unspecified atom stereocenters. The predicted octanol–water partition coefficient (Wildman–Crippen LogP) is 0.481. The van der Waals surface area contributed by atoms with Crippen LogP contribution in [0, 0.1) is 0 Å². The summed E-state index contributed by atoms with van der Waals surface area (Å²) in [6, 6.07) is 3.30. The fourth-order valence-corrected chi connectivity index (χ4v) is 1.51. The molecule has 0 aliphatic rings. The van der Waals surface area contributed by atoms with Crippen molar-refractivity contribution >= 4 is 34.5 Å². The Kier molecular flexibility index (Phi) is 2.21. The van der Waals surface area contributed by atoms with E-state index in [9.17, 15) is 4.79 Å². The van der Waals surface area contributed by atoms with Crippen molar-refractivity contribution < 1.29 is 4.79 Å². The average Bonchev–Trinajstić information content (AvgIpc) is 2.33. The van der Waals surface area contributed by atoms with Crippen molar-refractivity contribution in [3.05, 3.63) is 21.9 Å². The third kappa shape index (κ3) is 1.75. The van der Waals surface area contributed by atoms with Crippen LogP contribution in [0.3, 0.4) is 0 Å². The van der Waals surface area contributed by atoms with E-state index in [-0.39, 0.29) is 0 Å². The number of carbonyl (C=O) groups is 1. The molecule has 0 aromatic carbocycles. The van der Waals surface area contributed by atoms with Gasteiger partial charge in [0.15, 0.2) is 0 Å². The first-order valence-corrected chi connectivity index (χ1v) is 4.03. The molecular formula is C6H6N2OS2. The summed E-state index contributed by atoms with van der Waals surface area (Å²) in [6.45, 7) is 0. The predicted molar refractivity (Wildman–Crippen MR) is 48.7 cm³/mol. The van der Waals surface area contributed by atoms with Gasteiger partial charge in [0.2, 0.25) is 0 Å². The average molecular weight is 186 g/mol. The van der Waals surface area contributed by atoms with E-state index in [0.717, 1.165) is 0 Å². The fourth-order valence-electron chi connectivity index (χ4n) is 0.603. The molecule has 1 rings (SSSR count). The first-order valence-electron chi connectivity index (χ1n) is 2.80. The molecule has 5 heteroatoms. The minimum atomic E-state index is -0.447. The molecule has 0 aliphatic carbocycles. The van der Waals surface area contributed by atoms with Crippen LogP contribution in [0.5, 0.6) is 0 Å². The van der Waals surface area contributed by atoms with Crippen LogP contribution in [-0.4, -0.2) is 10.9 Å². The number of hydrogen-bond acceptors (Lipinski definition) is 3. The Morgan fingerprint density at radius 2 is 1.91 bits per heavy atom. The molecule has 0 aliphatic heterocycles. The molecule has 0 fully saturated rings. The van der Waals surface area contributed by atoms with Gasteiger partial charge in [-0.2, -0.15) is 0 Å². The SMILES string of the molecule is NC(=O)c1ccc(C(N)=S)s1. The fraction of sp³-hybridized carbons (Fsp3) is 0. The zero-order valence-corrected chi connectivity index (χ0v) is 7.17. The summed E-state index contributed by atoms with van der Waals surface area (Å²) in [4.78, 5) is 12.1. The van der Waals surface area contributed by atoms with E-state index in [1.165, 1.54) is 11.3 Å². The van der Waals surface area contributed by atoms with Gasteiger partial charge in [0.25, 0.3) is 5.91 Å². The molecule has 1 aromatic rings. The zero-order valence-electron chi connectivity index (χ0n) is 5.53. The summed E-state index contributed by atoms with van der Waals surface area (Å²) in [5.74, 6) is -0.447. The number of thiophene rings is 1. The highest BCUT2D eigenvalue weighted by Crippen LogP contribution is 2.15. The Labute approximate surface area is 73.0 Å². The number of primary amides is 1. The van der Waals surface area contributed by atoms with Crippen molar-refractivity contribution in [2.24, 2.45) is 11.5 Å². The summed E-state index contributed by atoms with van der Waals surface area (Å²) in [7, 11) is 0. The van der Waals surface area contributed by atoms with Gasteiger partial charge in [0.05, 0.1) is 9.75 Å². The van der Waals surface area contributed by atoms with Crippen molar-refractivity contribution in [2.75, 3.05) is 0 Å². The smallest absolute Gasteiger partial charge is 0.258 e. The number of hydrogen-bond donors (Lipinski definition) is 2. The normalized spacial score (nSPS) is 9.45. The van der Waals surface area contributed by atoms with Gasteiger partial charge in [0.1, 0.15) is 4.99 Å². The van der Waals surface area contributed by atoms with E-state index in [2.05, 4.69) is 0 Å². The van der Waals surface area contributed by atoms with Gasteiger partial charge in [-0.25, -0.2) is 0 Å². The third-order valence-electron chi connectivity index (χ3n) is 1.09. The Morgan fingerprint density at radius 3 is 2.18 bits per heavy atom. The molecule has 0 bridgehead atoms. The zero-order chi connectivity index (χ0) is 8.43. The topological polar surface area (TPSA) is 69.1 Å². The van der Waals surface area contributed by atoms with Crippen LogP contribution >= 0.6 is 23.6 Å². The summed E-state index contributed by atoms with van der Waals surface area (Å²) in [6.07, 6.45) is 0. The second kappa shape index (κ2) is 2.98. The summed E-state index contributed by atoms with van der Waals surface area (Å²) < 4.78 is 0. The number of nitrogens with two attached hydrogens (primary N) is 2. The molecule has 0 saturated carbocycles. The Hall–Kier alpha value is -0.940. The van der Waals surface area contributed by atoms with Crippen LogP contribution < -0.4 is 11.5 Å². The van der Waals surface area contributed by atoms with E-state index in [4.69, 9.17) is 23.7 Å². The van der Waals surface area contributed by atoms with Crippen molar-refractivity contribution in [2.45, 2.75) is 0 Å². The number of carbonyl (C=O) groups excluding carboxylic acids is 1. The Morgan fingerprint density at radius 1 is 1.36 bits per heavy atom. The molecule has 0 saturated heterocycles. The molecule has 0 spiro atoms. The molecule has 1 aromatic heterocycles. The molecule has 11 heavy (non-hydrogen) atoms. The number of thiocarbonyl (C=S) groups is 1. The maximum absolute atomic E-state index is 10.6. The lowest BCUT2D eigenvalue weighted by Gasteiger charge is -1.87. The van der Waals surface area contributed by atoms with Crippen molar-refractivity contribution in [1.82, 2.24) is 0 Å². The summed E-state index contributed by atoms with van der Waals surface area (Å²) >= 11 is 5.91. The van der Waals surface area contributed by atoms with Gasteiger partial charge < -0.3 is 11.5 Å². The van der Waals surface area contributed by atoms with E-state index in [0.29, 0.717) is 14.7 Å². The summed E-state index contributed by atoms with van der Waals surface area (Å²) in [5.41, 5.74) is 10.3. The van der Waals surface area contributed by atoms with Crippen LogP contribution in [-0.2, 0) is 0 Å². The highest BCUT2D eigenvalue weighted by atomic mass is 32.1. The Balaban J connectivity index is 2.99. The van der Waals surface area contributed by atoms with Gasteiger partial charge in [-0.1, -0.05) is 12.2 Å². The Bertz CT molecular complexity index is 277. The molecule has 1 heterocycles. The van der Waals surface area contributed by atoms with Gasteiger partial charge in [-0.15, -0.1) is 11.3 Å². The van der Waals surface area contributed by atoms with Gasteiger partial charge in [0, 0.05) is 0 Å². The lowest BCUT2D eigenvalue weighted by atomic mass is 10.4. The van der Waals surface area contributed by atoms with Gasteiger partial charge >= 0.3 is 0 Å². The molecule has 4 N–H and O–H groups in total. The summed E-state index contributed by atoms with van der Waals surface area (Å²) in [5, 5.41) is 0. The van der Waals surface area contributed by atoms with E-state index in [1.807, 2.05) is 0 Å². The van der Waals surface area contributed by atoms with Crippen molar-refractivity contribution in [3.8, 4) is 0 Å². The van der Waals surface area contributed by atoms with Gasteiger partial charge in [-0.3, -0.25) is 4.79 Å². The van der Waals surface area contributed by atoms with Crippen LogP contribution in [0.2, 0.25) is 0 Å². The maximum Gasteiger partial charge on any atom is 0.258 e.